The van der Waals surface area contributed by atoms with Gasteiger partial charge in [-0.25, -0.2) is 0 Å². The molecule has 0 aromatic heterocycles. The monoisotopic (exact) mass is 446 g/mol. The molecule has 4 aromatic rings. The van der Waals surface area contributed by atoms with E-state index in [-0.39, 0.29) is 0 Å². The highest BCUT2D eigenvalue weighted by atomic mass is 13.9. The lowest BCUT2D eigenvalue weighted by Gasteiger charge is -1.92. The summed E-state index contributed by atoms with van der Waals surface area (Å²) in [6.45, 7) is 16.5. The number of hydrogen-bond donors (Lipinski definition) is 0. The molecule has 0 saturated heterocycles. The summed E-state index contributed by atoms with van der Waals surface area (Å²) in [6, 6.07) is 33.4. The highest BCUT2D eigenvalue weighted by Gasteiger charge is 1.86. The number of unbranched alkanes of at least 4 members (excludes halogenated alkanes) is 4. The molecule has 4 rings (SSSR count). The average Bonchev–Trinajstić information content (AvgIpc) is 2.93. The molecule has 0 saturated carbocycles. The molecule has 0 unspecified atom stereocenters. The van der Waals surface area contributed by atoms with Gasteiger partial charge in [-0.2, -0.15) is 0 Å². The predicted molar refractivity (Wildman–Crippen MR) is 156 cm³/mol. The molecule has 0 bridgehead atoms. The highest BCUT2D eigenvalue weighted by Crippen LogP contribution is 2.12. The first-order chi connectivity index (χ1) is 16.3. The van der Waals surface area contributed by atoms with Crippen LogP contribution in [0, 0.1) is 0 Å². The molecular formula is C33H50. The van der Waals surface area contributed by atoms with Crippen LogP contribution in [0.5, 0.6) is 0 Å². The molecule has 0 fully saturated rings. The molecule has 0 aliphatic rings. The van der Waals surface area contributed by atoms with Gasteiger partial charge in [-0.15, -0.1) is 0 Å². The van der Waals surface area contributed by atoms with Gasteiger partial charge < -0.3 is 0 Å². The predicted octanol–water partition coefficient (Wildman–Crippen LogP) is 11.7. The third-order valence-corrected chi connectivity index (χ3v) is 4.52. The maximum atomic E-state index is 2.25. The Balaban J connectivity index is 0. The minimum absolute atomic E-state index is 1.31. The van der Waals surface area contributed by atoms with Crippen LogP contribution >= 0.6 is 0 Å². The molecule has 0 radical (unpaired) electrons. The third kappa shape index (κ3) is 15.8. The van der Waals surface area contributed by atoms with Crippen molar-refractivity contribution < 1.29 is 0 Å². The number of rotatable bonds is 4. The lowest BCUT2D eigenvalue weighted by molar-refractivity contribution is 0.656. The van der Waals surface area contributed by atoms with Crippen molar-refractivity contribution in [3.63, 3.8) is 0 Å². The van der Waals surface area contributed by atoms with Crippen LogP contribution in [0.3, 0.4) is 0 Å². The summed E-state index contributed by atoms with van der Waals surface area (Å²) in [5.41, 5.74) is 0. The summed E-state index contributed by atoms with van der Waals surface area (Å²) >= 11 is 0. The van der Waals surface area contributed by atoms with Crippen molar-refractivity contribution in [2.45, 2.75) is 87.5 Å². The van der Waals surface area contributed by atoms with E-state index in [4.69, 9.17) is 0 Å². The fourth-order valence-electron chi connectivity index (χ4n) is 2.94. The van der Waals surface area contributed by atoms with Crippen LogP contribution in [0.2, 0.25) is 0 Å². The van der Waals surface area contributed by atoms with Crippen molar-refractivity contribution in [2.75, 3.05) is 0 Å². The molecule has 0 nitrogen and oxygen atoms in total. The van der Waals surface area contributed by atoms with Gasteiger partial charge in [0.25, 0.3) is 0 Å². The van der Waals surface area contributed by atoms with Crippen LogP contribution in [0.15, 0.2) is 97.1 Å². The van der Waals surface area contributed by atoms with Crippen LogP contribution < -0.4 is 0 Å². The molecule has 33 heavy (non-hydrogen) atoms. The molecule has 0 amide bonds. The Bertz CT molecular complexity index is 686. The topological polar surface area (TPSA) is 0 Å². The number of fused-ring (bicyclic) bond motifs is 2. The van der Waals surface area contributed by atoms with Crippen molar-refractivity contribution in [1.82, 2.24) is 0 Å². The zero-order valence-electron chi connectivity index (χ0n) is 22.8. The number of benzene rings is 4. The van der Waals surface area contributed by atoms with Crippen LogP contribution in [-0.2, 0) is 0 Å². The summed E-state index contributed by atoms with van der Waals surface area (Å²) in [5.74, 6) is 0. The van der Waals surface area contributed by atoms with Crippen molar-refractivity contribution in [3.05, 3.63) is 97.1 Å². The van der Waals surface area contributed by atoms with Gasteiger partial charge in [0.1, 0.15) is 0 Å². The summed E-state index contributed by atoms with van der Waals surface area (Å²) in [7, 11) is 0. The Morgan fingerprint density at radius 2 is 0.515 bits per heavy atom. The molecule has 4 aromatic carbocycles. The zero-order valence-corrected chi connectivity index (χ0v) is 22.8. The van der Waals surface area contributed by atoms with E-state index in [1.165, 1.54) is 53.6 Å². The van der Waals surface area contributed by atoms with Crippen molar-refractivity contribution >= 4 is 21.5 Å². The third-order valence-electron chi connectivity index (χ3n) is 4.52. The van der Waals surface area contributed by atoms with Crippen molar-refractivity contribution in [1.29, 1.82) is 0 Å². The summed E-state index contributed by atoms with van der Waals surface area (Å²) in [6.07, 6.45) is 7.01. The minimum atomic E-state index is 1.31. The molecule has 0 spiro atoms. The molecular weight excluding hydrogens is 396 g/mol. The van der Waals surface area contributed by atoms with E-state index in [2.05, 4.69) is 111 Å². The van der Waals surface area contributed by atoms with E-state index < -0.39 is 0 Å². The quantitative estimate of drug-likeness (QED) is 0.273. The standard InChI is InChI=1S/2C10H8.C7H16.3C2H6/c2*1-2-6-10-8-4-3-7-9(10)5-1;1-3-5-7-6-4-2;3*1-2/h2*1-8H;3-7H2,1-2H3;3*1-2H3. The highest BCUT2D eigenvalue weighted by molar-refractivity contribution is 5.82. The van der Waals surface area contributed by atoms with Gasteiger partial charge in [-0.05, 0) is 21.5 Å². The Morgan fingerprint density at radius 3 is 0.667 bits per heavy atom. The van der Waals surface area contributed by atoms with E-state index in [1.54, 1.807) is 0 Å². The Morgan fingerprint density at radius 1 is 0.333 bits per heavy atom. The van der Waals surface area contributed by atoms with Gasteiger partial charge in [-0.1, -0.05) is 185 Å². The van der Waals surface area contributed by atoms with E-state index in [0.29, 0.717) is 0 Å². The Kier molecular flexibility index (Phi) is 25.3. The van der Waals surface area contributed by atoms with Crippen molar-refractivity contribution in [3.8, 4) is 0 Å². The average molecular weight is 447 g/mol. The molecule has 0 aliphatic heterocycles. The zero-order chi connectivity index (χ0) is 25.2. The Hall–Kier alpha value is -2.60. The SMILES string of the molecule is CC.CC.CC.CCCCCCC.c1ccc2ccccc2c1.c1ccc2ccccc2c1. The summed E-state index contributed by atoms with van der Waals surface area (Å²) in [4.78, 5) is 0. The minimum Gasteiger partial charge on any atom is -0.0683 e. The fourth-order valence-corrected chi connectivity index (χ4v) is 2.94. The Labute approximate surface area is 206 Å². The molecule has 182 valence electrons. The summed E-state index contributed by atoms with van der Waals surface area (Å²) < 4.78 is 0. The van der Waals surface area contributed by atoms with Gasteiger partial charge in [0.05, 0.1) is 0 Å². The van der Waals surface area contributed by atoms with Gasteiger partial charge in [0.15, 0.2) is 0 Å². The van der Waals surface area contributed by atoms with Crippen molar-refractivity contribution in [2.24, 2.45) is 0 Å². The normalized spacial score (nSPS) is 8.61. The van der Waals surface area contributed by atoms with E-state index in [1.807, 2.05) is 41.5 Å². The molecule has 0 N–H and O–H groups in total. The molecule has 0 aliphatic carbocycles. The van der Waals surface area contributed by atoms with Crippen LogP contribution in [0.1, 0.15) is 87.5 Å². The van der Waals surface area contributed by atoms with Gasteiger partial charge in [0.2, 0.25) is 0 Å². The van der Waals surface area contributed by atoms with Gasteiger partial charge >= 0.3 is 0 Å². The van der Waals surface area contributed by atoms with E-state index >= 15 is 0 Å². The molecule has 0 atom stereocenters. The first kappa shape index (κ1) is 32.6. The maximum absolute atomic E-state index is 2.25. The second-order valence-electron chi connectivity index (χ2n) is 6.75. The lowest BCUT2D eigenvalue weighted by atomic mass is 10.1. The summed E-state index contributed by atoms with van der Waals surface area (Å²) in [5, 5.41) is 5.24. The molecule has 0 heterocycles. The lowest BCUT2D eigenvalue weighted by Crippen LogP contribution is -1.70. The number of hydrogen-bond acceptors (Lipinski definition) is 0. The second-order valence-corrected chi connectivity index (χ2v) is 6.75. The van der Waals surface area contributed by atoms with E-state index in [0.717, 1.165) is 0 Å². The van der Waals surface area contributed by atoms with Gasteiger partial charge in [0, 0.05) is 0 Å². The molecule has 0 heteroatoms. The fraction of sp³-hybridized carbons (Fsp3) is 0.394. The van der Waals surface area contributed by atoms with Gasteiger partial charge in [-0.3, -0.25) is 0 Å². The smallest absolute Gasteiger partial charge is 0.0184 e. The first-order valence-corrected chi connectivity index (χ1v) is 13.2. The second kappa shape index (κ2) is 25.7. The maximum Gasteiger partial charge on any atom is -0.0184 e. The van der Waals surface area contributed by atoms with Crippen LogP contribution in [-0.4, -0.2) is 0 Å². The van der Waals surface area contributed by atoms with Crippen LogP contribution in [0.25, 0.3) is 21.5 Å². The first-order valence-electron chi connectivity index (χ1n) is 13.2. The van der Waals surface area contributed by atoms with E-state index in [9.17, 15) is 0 Å². The largest absolute Gasteiger partial charge is 0.0683 e. The van der Waals surface area contributed by atoms with Crippen LogP contribution in [0.4, 0.5) is 0 Å².